The highest BCUT2D eigenvalue weighted by Gasteiger charge is 2.37. The Labute approximate surface area is 159 Å². The van der Waals surface area contributed by atoms with Crippen LogP contribution >= 0.6 is 47.4 Å². The molecule has 1 unspecified atom stereocenters. The maximum absolute atomic E-state index is 5.61. The molecule has 3 rings (SSSR count). The molecule has 0 spiro atoms. The monoisotopic (exact) mass is 459 g/mol. The molecule has 1 aliphatic heterocycles. The van der Waals surface area contributed by atoms with Gasteiger partial charge >= 0.3 is 0 Å². The van der Waals surface area contributed by atoms with Gasteiger partial charge in [-0.3, -0.25) is 0 Å². The molecule has 0 amide bonds. The summed E-state index contributed by atoms with van der Waals surface area (Å²) in [5.74, 6) is 1.09. The molecule has 1 aromatic carbocycles. The zero-order valence-corrected chi connectivity index (χ0v) is 17.0. The van der Waals surface area contributed by atoms with Gasteiger partial charge in [-0.15, -0.1) is 24.8 Å². The molecule has 1 aromatic rings. The second-order valence-corrected chi connectivity index (χ2v) is 7.44. The van der Waals surface area contributed by atoms with E-state index in [0.717, 1.165) is 24.9 Å². The maximum Gasteiger partial charge on any atom is 0.122 e. The van der Waals surface area contributed by atoms with Crippen molar-refractivity contribution in [1.82, 2.24) is 5.32 Å². The number of methoxy groups -OCH3 is 1. The first-order chi connectivity index (χ1) is 9.64. The summed E-state index contributed by atoms with van der Waals surface area (Å²) in [5, 5.41) is 3.49. The SMILES string of the molecule is COc1ccc(I)c2c1CC([N+]1(C)CCNCC1)CC2.Cl.Cl. The fourth-order valence-corrected chi connectivity index (χ4v) is 4.55. The third kappa shape index (κ3) is 3.83. The van der Waals surface area contributed by atoms with Crippen LogP contribution in [0.25, 0.3) is 0 Å². The van der Waals surface area contributed by atoms with Crippen LogP contribution in [0.4, 0.5) is 0 Å². The molecule has 0 bridgehead atoms. The van der Waals surface area contributed by atoms with Gasteiger partial charge in [0.25, 0.3) is 0 Å². The van der Waals surface area contributed by atoms with Crippen LogP contribution in [0, 0.1) is 3.57 Å². The summed E-state index contributed by atoms with van der Waals surface area (Å²) >= 11 is 2.47. The Balaban J connectivity index is 0.00000121. The van der Waals surface area contributed by atoms with Crippen molar-refractivity contribution in [2.24, 2.45) is 0 Å². The molecule has 6 heteroatoms. The number of nitrogens with one attached hydrogen (secondary N) is 1. The first-order valence-electron chi connectivity index (χ1n) is 7.53. The molecular weight excluding hydrogens is 434 g/mol. The number of nitrogens with zero attached hydrogens (tertiary/aromatic N) is 1. The van der Waals surface area contributed by atoms with E-state index in [1.54, 1.807) is 7.11 Å². The van der Waals surface area contributed by atoms with E-state index in [0.29, 0.717) is 0 Å². The van der Waals surface area contributed by atoms with Crippen molar-refractivity contribution in [2.45, 2.75) is 25.3 Å². The lowest BCUT2D eigenvalue weighted by atomic mass is 9.85. The molecule has 0 saturated carbocycles. The van der Waals surface area contributed by atoms with Crippen molar-refractivity contribution < 1.29 is 9.22 Å². The van der Waals surface area contributed by atoms with Gasteiger partial charge in [0.2, 0.25) is 0 Å². The lowest BCUT2D eigenvalue weighted by Crippen LogP contribution is -2.62. The van der Waals surface area contributed by atoms with Gasteiger partial charge in [-0.1, -0.05) is 0 Å². The Hall–Kier alpha value is 0.250. The van der Waals surface area contributed by atoms with Crippen LogP contribution in [0.5, 0.6) is 5.75 Å². The molecule has 3 nitrogen and oxygen atoms in total. The van der Waals surface area contributed by atoms with Gasteiger partial charge in [0.05, 0.1) is 33.3 Å². The van der Waals surface area contributed by atoms with Crippen molar-refractivity contribution in [3.05, 3.63) is 26.8 Å². The number of quaternary nitrogens is 1. The average molecular weight is 460 g/mol. The lowest BCUT2D eigenvalue weighted by Gasteiger charge is -2.46. The summed E-state index contributed by atoms with van der Waals surface area (Å²) in [4.78, 5) is 0. The Kier molecular flexibility index (Phi) is 7.73. The van der Waals surface area contributed by atoms with Crippen LogP contribution in [0.1, 0.15) is 17.5 Å². The van der Waals surface area contributed by atoms with Crippen molar-refractivity contribution in [2.75, 3.05) is 40.3 Å². The van der Waals surface area contributed by atoms with Crippen molar-refractivity contribution in [3.63, 3.8) is 0 Å². The van der Waals surface area contributed by atoms with Gasteiger partial charge in [-0.25, -0.2) is 0 Å². The fourth-order valence-electron chi connectivity index (χ4n) is 3.78. The largest absolute Gasteiger partial charge is 0.496 e. The Morgan fingerprint density at radius 1 is 1.18 bits per heavy atom. The zero-order valence-electron chi connectivity index (χ0n) is 13.2. The molecule has 1 saturated heterocycles. The van der Waals surface area contributed by atoms with Crippen molar-refractivity contribution in [3.8, 4) is 5.75 Å². The minimum Gasteiger partial charge on any atom is -0.496 e. The Bertz CT molecular complexity index is 507. The van der Waals surface area contributed by atoms with Crippen LogP contribution in [-0.2, 0) is 12.8 Å². The lowest BCUT2D eigenvalue weighted by molar-refractivity contribution is -0.935. The molecule has 1 fully saturated rings. The molecular formula is C16H26Cl2IN2O+. The minimum absolute atomic E-state index is 0. The molecule has 0 radical (unpaired) electrons. The molecule has 0 aromatic heterocycles. The van der Waals surface area contributed by atoms with E-state index in [1.165, 1.54) is 51.5 Å². The molecule has 1 aliphatic carbocycles. The highest BCUT2D eigenvalue weighted by Crippen LogP contribution is 2.36. The first-order valence-corrected chi connectivity index (χ1v) is 8.61. The fraction of sp³-hybridized carbons (Fsp3) is 0.625. The number of hydrogen-bond donors (Lipinski definition) is 1. The molecule has 2 aliphatic rings. The predicted molar refractivity (Wildman–Crippen MR) is 105 cm³/mol. The van der Waals surface area contributed by atoms with Gasteiger partial charge in [0.15, 0.2) is 0 Å². The van der Waals surface area contributed by atoms with E-state index >= 15 is 0 Å². The van der Waals surface area contributed by atoms with Crippen LogP contribution in [-0.4, -0.2) is 50.9 Å². The highest BCUT2D eigenvalue weighted by molar-refractivity contribution is 14.1. The summed E-state index contributed by atoms with van der Waals surface area (Å²) in [7, 11) is 4.24. The Morgan fingerprint density at radius 3 is 2.50 bits per heavy atom. The zero-order chi connectivity index (χ0) is 14.2. The number of benzene rings is 1. The quantitative estimate of drug-likeness (QED) is 0.542. The highest BCUT2D eigenvalue weighted by atomic mass is 127. The van der Waals surface area contributed by atoms with E-state index in [-0.39, 0.29) is 24.8 Å². The molecule has 22 heavy (non-hydrogen) atoms. The second kappa shape index (κ2) is 8.38. The predicted octanol–water partition coefficient (Wildman–Crippen LogP) is 3.05. The topological polar surface area (TPSA) is 21.3 Å². The summed E-state index contributed by atoms with van der Waals surface area (Å²) in [5.41, 5.74) is 3.00. The number of hydrogen-bond acceptors (Lipinski definition) is 2. The second-order valence-electron chi connectivity index (χ2n) is 6.28. The van der Waals surface area contributed by atoms with E-state index in [2.05, 4.69) is 47.1 Å². The summed E-state index contributed by atoms with van der Waals surface area (Å²) in [6.07, 6.45) is 3.69. The van der Waals surface area contributed by atoms with Gasteiger partial charge in [-0.2, -0.15) is 0 Å². The molecule has 1 N–H and O–H groups in total. The number of piperazine rings is 1. The van der Waals surface area contributed by atoms with E-state index < -0.39 is 0 Å². The minimum atomic E-state index is 0. The standard InChI is InChI=1S/C16H24IN2O.2ClH/c1-19(9-7-18-8-10-19)12-3-4-13-14(11-12)16(20-2)6-5-15(13)17;;/h5-6,12,18H,3-4,7-11H2,1-2H3;2*1H/q+1;;. The third-order valence-corrected chi connectivity index (χ3v) is 6.21. The summed E-state index contributed by atoms with van der Waals surface area (Å²) in [6, 6.07) is 5.08. The molecule has 1 heterocycles. The van der Waals surface area contributed by atoms with E-state index in [4.69, 9.17) is 4.74 Å². The van der Waals surface area contributed by atoms with E-state index in [9.17, 15) is 0 Å². The normalized spacial score (nSPS) is 22.8. The third-order valence-electron chi connectivity index (χ3n) is 5.20. The maximum atomic E-state index is 5.61. The van der Waals surface area contributed by atoms with Crippen LogP contribution in [0.15, 0.2) is 12.1 Å². The van der Waals surface area contributed by atoms with Gasteiger partial charge in [0, 0.05) is 35.1 Å². The Morgan fingerprint density at radius 2 is 1.86 bits per heavy atom. The van der Waals surface area contributed by atoms with Gasteiger partial charge < -0.3 is 14.5 Å². The van der Waals surface area contributed by atoms with Crippen molar-refractivity contribution in [1.29, 1.82) is 0 Å². The number of likely N-dealkylation sites (N-methyl/N-ethyl adjacent to an activating group) is 1. The number of halogens is 3. The average Bonchev–Trinajstić information content (AvgIpc) is 2.48. The van der Waals surface area contributed by atoms with E-state index in [1.807, 2.05) is 0 Å². The molecule has 126 valence electrons. The van der Waals surface area contributed by atoms with Crippen molar-refractivity contribution >= 4 is 47.4 Å². The number of rotatable bonds is 2. The summed E-state index contributed by atoms with van der Waals surface area (Å²) in [6.45, 7) is 4.82. The van der Waals surface area contributed by atoms with Gasteiger partial charge in [0.1, 0.15) is 5.75 Å². The smallest absolute Gasteiger partial charge is 0.122 e. The van der Waals surface area contributed by atoms with Gasteiger partial charge in [-0.05, 0) is 46.7 Å². The van der Waals surface area contributed by atoms with Crippen LogP contribution in [0.2, 0.25) is 0 Å². The van der Waals surface area contributed by atoms with Crippen LogP contribution < -0.4 is 10.1 Å². The van der Waals surface area contributed by atoms with Crippen LogP contribution in [0.3, 0.4) is 0 Å². The summed E-state index contributed by atoms with van der Waals surface area (Å²) < 4.78 is 8.24. The number of ether oxygens (including phenoxy) is 1. The molecule has 1 atom stereocenters. The number of fused-ring (bicyclic) bond motifs is 1. The first kappa shape index (κ1) is 20.3.